The lowest BCUT2D eigenvalue weighted by molar-refractivity contribution is 0.00276. The first-order valence-electron chi connectivity index (χ1n) is 7.27. The van der Waals surface area contributed by atoms with Crippen LogP contribution in [0.3, 0.4) is 0 Å². The van der Waals surface area contributed by atoms with Crippen molar-refractivity contribution in [2.45, 2.75) is 65.0 Å². The van der Waals surface area contributed by atoms with E-state index in [9.17, 15) is 10.4 Å². The molecule has 0 aromatic rings. The summed E-state index contributed by atoms with van der Waals surface area (Å²) in [6.07, 6.45) is 4.51. The molecule has 1 rings (SSSR count). The standard InChI is InChI=1S/C15H28N2O/c1-5-12-7-8-13(10-16)14(9-12)17(6-2)11-15(3,4)18/h12-14,18H,5-9,11H2,1-4H3. The second-order valence-electron chi connectivity index (χ2n) is 6.27. The fourth-order valence-corrected chi connectivity index (χ4v) is 3.12. The van der Waals surface area contributed by atoms with Crippen molar-refractivity contribution < 1.29 is 5.11 Å². The van der Waals surface area contributed by atoms with Crippen molar-refractivity contribution in [3.05, 3.63) is 0 Å². The Morgan fingerprint density at radius 3 is 2.44 bits per heavy atom. The lowest BCUT2D eigenvalue weighted by Gasteiger charge is -2.41. The first kappa shape index (κ1) is 15.5. The van der Waals surface area contributed by atoms with Crippen LogP contribution in [-0.4, -0.2) is 34.7 Å². The summed E-state index contributed by atoms with van der Waals surface area (Å²) in [5.74, 6) is 0.880. The maximum absolute atomic E-state index is 10.0. The molecular weight excluding hydrogens is 224 g/mol. The molecule has 0 aromatic heterocycles. The van der Waals surface area contributed by atoms with Crippen LogP contribution in [0.25, 0.3) is 0 Å². The van der Waals surface area contributed by atoms with Crippen molar-refractivity contribution in [3.63, 3.8) is 0 Å². The van der Waals surface area contributed by atoms with E-state index < -0.39 is 5.60 Å². The van der Waals surface area contributed by atoms with Crippen LogP contribution in [-0.2, 0) is 0 Å². The highest BCUT2D eigenvalue weighted by Crippen LogP contribution is 2.34. The normalized spacial score (nSPS) is 29.3. The molecule has 1 N–H and O–H groups in total. The van der Waals surface area contributed by atoms with Gasteiger partial charge in [0, 0.05) is 12.6 Å². The highest BCUT2D eigenvalue weighted by molar-refractivity contribution is 4.98. The molecule has 1 aliphatic rings. The van der Waals surface area contributed by atoms with Gasteiger partial charge in [0.25, 0.3) is 0 Å². The van der Waals surface area contributed by atoms with E-state index in [1.165, 1.54) is 12.8 Å². The molecule has 1 saturated carbocycles. The third-order valence-corrected chi connectivity index (χ3v) is 4.13. The Labute approximate surface area is 112 Å². The van der Waals surface area contributed by atoms with Crippen LogP contribution in [0.2, 0.25) is 0 Å². The van der Waals surface area contributed by atoms with E-state index >= 15 is 0 Å². The molecule has 3 unspecified atom stereocenters. The Balaban J connectivity index is 2.76. The second-order valence-corrected chi connectivity index (χ2v) is 6.27. The molecule has 0 aliphatic heterocycles. The molecule has 0 saturated heterocycles. The van der Waals surface area contributed by atoms with Crippen molar-refractivity contribution in [2.24, 2.45) is 11.8 Å². The van der Waals surface area contributed by atoms with E-state index in [-0.39, 0.29) is 5.92 Å². The van der Waals surface area contributed by atoms with E-state index in [2.05, 4.69) is 24.8 Å². The molecule has 1 aliphatic carbocycles. The van der Waals surface area contributed by atoms with Gasteiger partial charge in [0.2, 0.25) is 0 Å². The Kier molecular flexibility index (Phi) is 5.62. The predicted molar refractivity (Wildman–Crippen MR) is 74.1 cm³/mol. The number of nitrogens with zero attached hydrogens (tertiary/aromatic N) is 2. The quantitative estimate of drug-likeness (QED) is 0.818. The molecule has 0 heterocycles. The summed E-state index contributed by atoms with van der Waals surface area (Å²) in [6, 6.07) is 2.80. The number of aliphatic hydroxyl groups is 1. The third kappa shape index (κ3) is 4.26. The molecule has 1 fully saturated rings. The topological polar surface area (TPSA) is 47.3 Å². The summed E-state index contributed by atoms with van der Waals surface area (Å²) >= 11 is 0. The maximum Gasteiger partial charge on any atom is 0.0718 e. The molecule has 3 heteroatoms. The van der Waals surface area contributed by atoms with Crippen molar-refractivity contribution in [1.82, 2.24) is 4.90 Å². The SMILES string of the molecule is CCC1CCC(C#N)C(N(CC)CC(C)(C)O)C1. The van der Waals surface area contributed by atoms with Crippen LogP contribution in [0.15, 0.2) is 0 Å². The molecule has 0 radical (unpaired) electrons. The monoisotopic (exact) mass is 252 g/mol. The zero-order chi connectivity index (χ0) is 13.8. The summed E-state index contributed by atoms with van der Waals surface area (Å²) in [6.45, 7) is 9.61. The molecule has 3 atom stereocenters. The minimum Gasteiger partial charge on any atom is -0.389 e. The Morgan fingerprint density at radius 1 is 1.33 bits per heavy atom. The second kappa shape index (κ2) is 6.54. The summed E-state index contributed by atoms with van der Waals surface area (Å²) in [5, 5.41) is 19.3. The highest BCUT2D eigenvalue weighted by Gasteiger charge is 2.35. The summed E-state index contributed by atoms with van der Waals surface area (Å²) in [7, 11) is 0. The molecule has 3 nitrogen and oxygen atoms in total. The lowest BCUT2D eigenvalue weighted by atomic mass is 9.77. The van der Waals surface area contributed by atoms with Gasteiger partial charge in [0.05, 0.1) is 17.6 Å². The number of hydrogen-bond donors (Lipinski definition) is 1. The van der Waals surface area contributed by atoms with E-state index in [4.69, 9.17) is 0 Å². The molecule has 0 aromatic carbocycles. The number of hydrogen-bond acceptors (Lipinski definition) is 3. The average molecular weight is 252 g/mol. The number of likely N-dealkylation sites (N-methyl/N-ethyl adjacent to an activating group) is 1. The zero-order valence-electron chi connectivity index (χ0n) is 12.3. The summed E-state index contributed by atoms with van der Waals surface area (Å²) < 4.78 is 0. The minimum absolute atomic E-state index is 0.134. The van der Waals surface area contributed by atoms with Crippen LogP contribution in [0.4, 0.5) is 0 Å². The molecule has 18 heavy (non-hydrogen) atoms. The van der Waals surface area contributed by atoms with Crippen LogP contribution in [0.1, 0.15) is 53.4 Å². The number of rotatable bonds is 5. The molecule has 0 bridgehead atoms. The number of nitriles is 1. The third-order valence-electron chi connectivity index (χ3n) is 4.13. The first-order valence-corrected chi connectivity index (χ1v) is 7.27. The van der Waals surface area contributed by atoms with Gasteiger partial charge in [-0.3, -0.25) is 4.90 Å². The molecule has 104 valence electrons. The van der Waals surface area contributed by atoms with Crippen molar-refractivity contribution in [2.75, 3.05) is 13.1 Å². The van der Waals surface area contributed by atoms with Crippen molar-refractivity contribution in [3.8, 4) is 6.07 Å². The Morgan fingerprint density at radius 2 is 2.00 bits per heavy atom. The van der Waals surface area contributed by atoms with E-state index in [1.54, 1.807) is 0 Å². The van der Waals surface area contributed by atoms with Gasteiger partial charge in [-0.15, -0.1) is 0 Å². The van der Waals surface area contributed by atoms with Crippen LogP contribution < -0.4 is 0 Å². The van der Waals surface area contributed by atoms with Gasteiger partial charge in [-0.1, -0.05) is 20.3 Å². The average Bonchev–Trinajstić information content (AvgIpc) is 2.34. The van der Waals surface area contributed by atoms with Crippen LogP contribution in [0.5, 0.6) is 0 Å². The Hall–Kier alpha value is -0.590. The predicted octanol–water partition coefficient (Wildman–Crippen LogP) is 2.80. The lowest BCUT2D eigenvalue weighted by Crippen LogP contribution is -2.49. The minimum atomic E-state index is -0.685. The smallest absolute Gasteiger partial charge is 0.0718 e. The van der Waals surface area contributed by atoms with Gasteiger partial charge in [-0.2, -0.15) is 5.26 Å². The van der Waals surface area contributed by atoms with Gasteiger partial charge in [-0.05, 0) is 45.6 Å². The fourth-order valence-electron chi connectivity index (χ4n) is 3.12. The van der Waals surface area contributed by atoms with Gasteiger partial charge in [0.15, 0.2) is 0 Å². The molecule has 0 spiro atoms. The van der Waals surface area contributed by atoms with Gasteiger partial charge >= 0.3 is 0 Å². The molecular formula is C15H28N2O. The van der Waals surface area contributed by atoms with E-state index in [1.807, 2.05) is 13.8 Å². The van der Waals surface area contributed by atoms with Crippen LogP contribution >= 0.6 is 0 Å². The van der Waals surface area contributed by atoms with Crippen molar-refractivity contribution >= 4 is 0 Å². The van der Waals surface area contributed by atoms with Gasteiger partial charge in [0.1, 0.15) is 0 Å². The fraction of sp³-hybridized carbons (Fsp3) is 0.933. The summed E-state index contributed by atoms with van der Waals surface area (Å²) in [4.78, 5) is 2.30. The molecule has 0 amide bonds. The largest absolute Gasteiger partial charge is 0.389 e. The van der Waals surface area contributed by atoms with Gasteiger partial charge in [-0.25, -0.2) is 0 Å². The van der Waals surface area contributed by atoms with Crippen molar-refractivity contribution in [1.29, 1.82) is 5.26 Å². The summed E-state index contributed by atoms with van der Waals surface area (Å²) in [5.41, 5.74) is -0.685. The van der Waals surface area contributed by atoms with Gasteiger partial charge < -0.3 is 5.11 Å². The maximum atomic E-state index is 10.0. The first-order chi connectivity index (χ1) is 8.41. The van der Waals surface area contributed by atoms with E-state index in [0.717, 1.165) is 25.3 Å². The highest BCUT2D eigenvalue weighted by atomic mass is 16.3. The van der Waals surface area contributed by atoms with Crippen LogP contribution in [0, 0.1) is 23.2 Å². The van der Waals surface area contributed by atoms with E-state index in [0.29, 0.717) is 12.6 Å². The zero-order valence-corrected chi connectivity index (χ0v) is 12.3. The Bertz CT molecular complexity index is 290.